The highest BCUT2D eigenvalue weighted by atomic mass is 35.5. The molecule has 132 valence electrons. The second-order valence-corrected chi connectivity index (χ2v) is 7.76. The highest BCUT2D eigenvalue weighted by Crippen LogP contribution is 2.20. The van der Waals surface area contributed by atoms with Crippen LogP contribution in [0.5, 0.6) is 5.75 Å². The Morgan fingerprint density at radius 2 is 1.76 bits per heavy atom. The lowest BCUT2D eigenvalue weighted by Gasteiger charge is -2.26. The lowest BCUT2D eigenvalue weighted by atomic mass is 10.2. The summed E-state index contributed by atoms with van der Waals surface area (Å²) in [7, 11) is -3.59. The molecule has 2 aromatic carbocycles. The van der Waals surface area contributed by atoms with Crippen LogP contribution in [-0.2, 0) is 14.8 Å². The fourth-order valence-corrected chi connectivity index (χ4v) is 3.98. The SMILES string of the molecule is O=C(Oc1cccc(Cl)c1)c1ccc(S(=O)(=O)N2CCOCC2)cc1. The number of esters is 1. The average Bonchev–Trinajstić information content (AvgIpc) is 2.62. The van der Waals surface area contributed by atoms with Gasteiger partial charge in [-0.25, -0.2) is 13.2 Å². The molecule has 1 heterocycles. The van der Waals surface area contributed by atoms with Crippen LogP contribution in [0.25, 0.3) is 0 Å². The second-order valence-electron chi connectivity index (χ2n) is 5.39. The Morgan fingerprint density at radius 3 is 2.40 bits per heavy atom. The van der Waals surface area contributed by atoms with Crippen LogP contribution in [0.2, 0.25) is 5.02 Å². The molecule has 6 nitrogen and oxygen atoms in total. The second kappa shape index (κ2) is 7.53. The highest BCUT2D eigenvalue weighted by Gasteiger charge is 2.26. The van der Waals surface area contributed by atoms with Gasteiger partial charge in [0.2, 0.25) is 10.0 Å². The van der Waals surface area contributed by atoms with E-state index in [9.17, 15) is 13.2 Å². The van der Waals surface area contributed by atoms with E-state index in [0.29, 0.717) is 37.1 Å². The van der Waals surface area contributed by atoms with Crippen LogP contribution in [0.1, 0.15) is 10.4 Å². The van der Waals surface area contributed by atoms with Gasteiger partial charge in [-0.2, -0.15) is 4.31 Å². The fraction of sp³-hybridized carbons (Fsp3) is 0.235. The zero-order chi connectivity index (χ0) is 17.9. The summed E-state index contributed by atoms with van der Waals surface area (Å²) in [4.78, 5) is 12.3. The summed E-state index contributed by atoms with van der Waals surface area (Å²) in [5, 5.41) is 0.456. The predicted molar refractivity (Wildman–Crippen MR) is 92.4 cm³/mol. The molecule has 0 amide bonds. The molecule has 25 heavy (non-hydrogen) atoms. The van der Waals surface area contributed by atoms with Crippen LogP contribution < -0.4 is 4.74 Å². The Kier molecular flexibility index (Phi) is 5.39. The molecule has 1 fully saturated rings. The molecule has 1 saturated heterocycles. The predicted octanol–water partition coefficient (Wildman–Crippen LogP) is 2.58. The minimum atomic E-state index is -3.59. The first kappa shape index (κ1) is 17.9. The van der Waals surface area contributed by atoms with Crippen LogP contribution in [0, 0.1) is 0 Å². The zero-order valence-corrected chi connectivity index (χ0v) is 14.8. The number of morpholine rings is 1. The zero-order valence-electron chi connectivity index (χ0n) is 13.2. The Balaban J connectivity index is 1.74. The number of sulfonamides is 1. The number of carbonyl (C=O) groups is 1. The largest absolute Gasteiger partial charge is 0.423 e. The number of carbonyl (C=O) groups excluding carboxylic acids is 1. The van der Waals surface area contributed by atoms with Gasteiger partial charge >= 0.3 is 5.97 Å². The van der Waals surface area contributed by atoms with Crippen LogP contribution in [0.4, 0.5) is 0 Å². The molecule has 0 aromatic heterocycles. The van der Waals surface area contributed by atoms with E-state index in [2.05, 4.69) is 0 Å². The van der Waals surface area contributed by atoms with Crippen LogP contribution in [0.15, 0.2) is 53.4 Å². The maximum Gasteiger partial charge on any atom is 0.343 e. The van der Waals surface area contributed by atoms with Crippen molar-refractivity contribution in [3.8, 4) is 5.75 Å². The first-order chi connectivity index (χ1) is 12.0. The average molecular weight is 382 g/mol. The van der Waals surface area contributed by atoms with Crippen molar-refractivity contribution in [1.82, 2.24) is 4.31 Å². The monoisotopic (exact) mass is 381 g/mol. The van der Waals surface area contributed by atoms with Gasteiger partial charge in [-0.05, 0) is 42.5 Å². The van der Waals surface area contributed by atoms with E-state index in [1.807, 2.05) is 0 Å². The summed E-state index contributed by atoms with van der Waals surface area (Å²) >= 11 is 5.85. The van der Waals surface area contributed by atoms with E-state index in [0.717, 1.165) is 0 Å². The molecule has 8 heteroatoms. The van der Waals surface area contributed by atoms with Gasteiger partial charge in [0.05, 0.1) is 23.7 Å². The summed E-state index contributed by atoms with van der Waals surface area (Å²) in [6.07, 6.45) is 0. The molecule has 0 bridgehead atoms. The molecule has 0 atom stereocenters. The Bertz CT molecular complexity index is 861. The van der Waals surface area contributed by atoms with Crippen molar-refractivity contribution in [3.63, 3.8) is 0 Å². The number of ether oxygens (including phenoxy) is 2. The van der Waals surface area contributed by atoms with Crippen molar-refractivity contribution in [3.05, 3.63) is 59.1 Å². The number of nitrogens with zero attached hydrogens (tertiary/aromatic N) is 1. The van der Waals surface area contributed by atoms with Crippen molar-refractivity contribution in [1.29, 1.82) is 0 Å². The van der Waals surface area contributed by atoms with E-state index in [-0.39, 0.29) is 10.5 Å². The molecule has 0 N–H and O–H groups in total. The van der Waals surface area contributed by atoms with E-state index in [1.54, 1.807) is 18.2 Å². The standard InChI is InChI=1S/C17H16ClNO5S/c18-14-2-1-3-15(12-14)24-17(20)13-4-6-16(7-5-13)25(21,22)19-8-10-23-11-9-19/h1-7,12H,8-11H2. The quantitative estimate of drug-likeness (QED) is 0.601. The molecule has 1 aliphatic rings. The Hall–Kier alpha value is -1.93. The third kappa shape index (κ3) is 4.19. The maximum atomic E-state index is 12.5. The third-order valence-corrected chi connectivity index (χ3v) is 5.85. The number of hydrogen-bond donors (Lipinski definition) is 0. The smallest absolute Gasteiger partial charge is 0.343 e. The molecule has 2 aromatic rings. The van der Waals surface area contributed by atoms with E-state index >= 15 is 0 Å². The normalized spacial score (nSPS) is 15.7. The van der Waals surface area contributed by atoms with Gasteiger partial charge in [-0.3, -0.25) is 0 Å². The van der Waals surface area contributed by atoms with Crippen LogP contribution >= 0.6 is 11.6 Å². The summed E-state index contributed by atoms with van der Waals surface area (Å²) in [6.45, 7) is 1.40. The molecule has 0 aliphatic carbocycles. The lowest BCUT2D eigenvalue weighted by molar-refractivity contribution is 0.0730. The van der Waals surface area contributed by atoms with Gasteiger partial charge in [0.25, 0.3) is 0 Å². The number of hydrogen-bond acceptors (Lipinski definition) is 5. The molecule has 0 radical (unpaired) electrons. The van der Waals surface area contributed by atoms with Gasteiger partial charge in [0.1, 0.15) is 5.75 Å². The number of rotatable bonds is 4. The first-order valence-corrected chi connectivity index (χ1v) is 9.44. The van der Waals surface area contributed by atoms with Crippen molar-refractivity contribution in [2.45, 2.75) is 4.90 Å². The van der Waals surface area contributed by atoms with Crippen molar-refractivity contribution in [2.24, 2.45) is 0 Å². The minimum absolute atomic E-state index is 0.133. The van der Waals surface area contributed by atoms with Crippen molar-refractivity contribution in [2.75, 3.05) is 26.3 Å². The number of halogens is 1. The molecule has 0 spiro atoms. The van der Waals surface area contributed by atoms with Crippen LogP contribution in [-0.4, -0.2) is 45.0 Å². The topological polar surface area (TPSA) is 72.9 Å². The molecular formula is C17H16ClNO5S. The van der Waals surface area contributed by atoms with E-state index in [4.69, 9.17) is 21.1 Å². The van der Waals surface area contributed by atoms with E-state index in [1.165, 1.54) is 34.6 Å². The van der Waals surface area contributed by atoms with Gasteiger partial charge in [0, 0.05) is 18.1 Å². The van der Waals surface area contributed by atoms with Gasteiger partial charge in [-0.1, -0.05) is 17.7 Å². The fourth-order valence-electron chi connectivity index (χ4n) is 2.40. The molecule has 3 rings (SSSR count). The van der Waals surface area contributed by atoms with Gasteiger partial charge in [-0.15, -0.1) is 0 Å². The van der Waals surface area contributed by atoms with E-state index < -0.39 is 16.0 Å². The molecule has 1 aliphatic heterocycles. The summed E-state index contributed by atoms with van der Waals surface area (Å²) in [6, 6.07) is 12.1. The summed E-state index contributed by atoms with van der Waals surface area (Å²) in [5.74, 6) is -0.264. The van der Waals surface area contributed by atoms with Crippen molar-refractivity contribution < 1.29 is 22.7 Å². The molecule has 0 unspecified atom stereocenters. The number of benzene rings is 2. The summed E-state index contributed by atoms with van der Waals surface area (Å²) < 4.78 is 36.8. The van der Waals surface area contributed by atoms with Gasteiger partial charge < -0.3 is 9.47 Å². The maximum absolute atomic E-state index is 12.5. The summed E-state index contributed by atoms with van der Waals surface area (Å²) in [5.41, 5.74) is 0.251. The Morgan fingerprint density at radius 1 is 1.08 bits per heavy atom. The third-order valence-electron chi connectivity index (χ3n) is 3.70. The van der Waals surface area contributed by atoms with Crippen LogP contribution in [0.3, 0.4) is 0 Å². The Labute approximate surface area is 151 Å². The first-order valence-electron chi connectivity index (χ1n) is 7.62. The minimum Gasteiger partial charge on any atom is -0.423 e. The molecule has 0 saturated carbocycles. The molecular weight excluding hydrogens is 366 g/mol. The van der Waals surface area contributed by atoms with Gasteiger partial charge in [0.15, 0.2) is 0 Å². The van der Waals surface area contributed by atoms with Crippen molar-refractivity contribution >= 4 is 27.6 Å². The lowest BCUT2D eigenvalue weighted by Crippen LogP contribution is -2.40. The highest BCUT2D eigenvalue weighted by molar-refractivity contribution is 7.89.